The molecule has 0 aliphatic heterocycles. The minimum absolute atomic E-state index is 0.179. The van der Waals surface area contributed by atoms with E-state index in [2.05, 4.69) is 17.6 Å². The predicted molar refractivity (Wildman–Crippen MR) is 104 cm³/mol. The predicted octanol–water partition coefficient (Wildman–Crippen LogP) is 3.90. The number of para-hydroxylation sites is 1. The fourth-order valence-corrected chi connectivity index (χ4v) is 3.17. The van der Waals surface area contributed by atoms with Crippen molar-refractivity contribution in [3.8, 4) is 0 Å². The molecule has 0 aromatic heterocycles. The Morgan fingerprint density at radius 3 is 2.31 bits per heavy atom. The van der Waals surface area contributed by atoms with E-state index < -0.39 is 5.41 Å². The van der Waals surface area contributed by atoms with Crippen LogP contribution in [-0.4, -0.2) is 11.8 Å². The molecule has 1 fully saturated rings. The number of hydrogen-bond donors (Lipinski definition) is 2. The molecule has 0 atom stereocenters. The Hall–Kier alpha value is -2.62. The highest BCUT2D eigenvalue weighted by Gasteiger charge is 2.56. The van der Waals surface area contributed by atoms with Crippen LogP contribution in [0.5, 0.6) is 0 Å². The third-order valence-electron chi connectivity index (χ3n) is 5.17. The van der Waals surface area contributed by atoms with Gasteiger partial charge in [0, 0.05) is 12.2 Å². The summed E-state index contributed by atoms with van der Waals surface area (Å²) in [5, 5.41) is 5.95. The summed E-state index contributed by atoms with van der Waals surface area (Å²) < 4.78 is 0. The van der Waals surface area contributed by atoms with Crippen molar-refractivity contribution in [3.63, 3.8) is 0 Å². The van der Waals surface area contributed by atoms with Gasteiger partial charge in [-0.1, -0.05) is 55.0 Å². The topological polar surface area (TPSA) is 58.2 Å². The van der Waals surface area contributed by atoms with Gasteiger partial charge in [-0.15, -0.1) is 0 Å². The van der Waals surface area contributed by atoms with Gasteiger partial charge in [0.15, 0.2) is 0 Å². The number of carbonyl (C=O) groups is 2. The maximum Gasteiger partial charge on any atom is 0.240 e. The van der Waals surface area contributed by atoms with Gasteiger partial charge in [0.1, 0.15) is 5.41 Å². The van der Waals surface area contributed by atoms with Crippen molar-refractivity contribution in [1.29, 1.82) is 0 Å². The summed E-state index contributed by atoms with van der Waals surface area (Å²) >= 11 is 0. The van der Waals surface area contributed by atoms with Gasteiger partial charge in [-0.25, -0.2) is 0 Å². The molecule has 2 amide bonds. The standard InChI is InChI=1S/C22H26N2O2/c1-4-18-7-5-6-16(3)19(18)24-21(26)22(12-13-22)20(25)23-14-17-10-8-15(2)9-11-17/h5-11H,4,12-14H2,1-3H3,(H,23,25)(H,24,26). The average Bonchev–Trinajstić information content (AvgIpc) is 3.44. The number of rotatable bonds is 6. The fourth-order valence-electron chi connectivity index (χ4n) is 3.17. The number of carbonyl (C=O) groups excluding carboxylic acids is 2. The molecular formula is C22H26N2O2. The Labute approximate surface area is 155 Å². The van der Waals surface area contributed by atoms with Crippen LogP contribution in [0, 0.1) is 19.3 Å². The second kappa shape index (κ2) is 7.32. The van der Waals surface area contributed by atoms with Crippen molar-refractivity contribution < 1.29 is 9.59 Å². The van der Waals surface area contributed by atoms with E-state index in [1.807, 2.05) is 56.3 Å². The number of amides is 2. The summed E-state index contributed by atoms with van der Waals surface area (Å²) in [5.41, 5.74) is 4.26. The summed E-state index contributed by atoms with van der Waals surface area (Å²) in [6.07, 6.45) is 2.04. The zero-order valence-corrected chi connectivity index (χ0v) is 15.7. The molecule has 1 aliphatic carbocycles. The number of benzene rings is 2. The van der Waals surface area contributed by atoms with Crippen LogP contribution >= 0.6 is 0 Å². The lowest BCUT2D eigenvalue weighted by Gasteiger charge is -2.18. The van der Waals surface area contributed by atoms with Gasteiger partial charge >= 0.3 is 0 Å². The van der Waals surface area contributed by atoms with Crippen LogP contribution in [-0.2, 0) is 22.6 Å². The van der Waals surface area contributed by atoms with E-state index in [-0.39, 0.29) is 11.8 Å². The van der Waals surface area contributed by atoms with Crippen molar-refractivity contribution in [1.82, 2.24) is 5.32 Å². The Morgan fingerprint density at radius 1 is 1.00 bits per heavy atom. The third kappa shape index (κ3) is 3.64. The van der Waals surface area contributed by atoms with Crippen molar-refractivity contribution in [3.05, 3.63) is 64.7 Å². The second-order valence-electron chi connectivity index (χ2n) is 7.17. The van der Waals surface area contributed by atoms with E-state index in [0.717, 1.165) is 28.8 Å². The molecule has 136 valence electrons. The maximum absolute atomic E-state index is 12.8. The highest BCUT2D eigenvalue weighted by atomic mass is 16.2. The molecule has 2 aromatic rings. The Kier molecular flexibility index (Phi) is 5.12. The summed E-state index contributed by atoms with van der Waals surface area (Å²) in [5.74, 6) is -0.370. The highest BCUT2D eigenvalue weighted by Crippen LogP contribution is 2.47. The van der Waals surface area contributed by atoms with Gasteiger partial charge in [-0.3, -0.25) is 9.59 Å². The zero-order valence-electron chi connectivity index (χ0n) is 15.7. The van der Waals surface area contributed by atoms with E-state index in [1.54, 1.807) is 0 Å². The molecule has 1 saturated carbocycles. The van der Waals surface area contributed by atoms with Crippen molar-refractivity contribution in [2.75, 3.05) is 5.32 Å². The number of hydrogen-bond acceptors (Lipinski definition) is 2. The van der Waals surface area contributed by atoms with Crippen molar-refractivity contribution in [2.24, 2.45) is 5.41 Å². The van der Waals surface area contributed by atoms with Crippen LogP contribution in [0.3, 0.4) is 0 Å². The first-order valence-corrected chi connectivity index (χ1v) is 9.20. The van der Waals surface area contributed by atoms with Crippen LogP contribution in [0.1, 0.15) is 42.0 Å². The normalized spacial score (nSPS) is 14.6. The molecule has 1 aliphatic rings. The molecule has 0 saturated heterocycles. The largest absolute Gasteiger partial charge is 0.351 e. The molecule has 0 bridgehead atoms. The SMILES string of the molecule is CCc1cccc(C)c1NC(=O)C1(C(=O)NCc2ccc(C)cc2)CC1. The van der Waals surface area contributed by atoms with Crippen molar-refractivity contribution >= 4 is 17.5 Å². The number of aryl methyl sites for hydroxylation is 3. The maximum atomic E-state index is 12.8. The van der Waals surface area contributed by atoms with Crippen LogP contribution in [0.15, 0.2) is 42.5 Å². The molecule has 0 heterocycles. The Bertz CT molecular complexity index is 821. The fraction of sp³-hybridized carbons (Fsp3) is 0.364. The number of anilines is 1. The van der Waals surface area contributed by atoms with Gasteiger partial charge in [0.05, 0.1) is 0 Å². The molecule has 2 aromatic carbocycles. The lowest BCUT2D eigenvalue weighted by Crippen LogP contribution is -2.39. The molecule has 2 N–H and O–H groups in total. The van der Waals surface area contributed by atoms with Gasteiger partial charge in [-0.05, 0) is 49.8 Å². The van der Waals surface area contributed by atoms with Gasteiger partial charge < -0.3 is 10.6 Å². The first-order chi connectivity index (χ1) is 12.5. The Morgan fingerprint density at radius 2 is 1.69 bits per heavy atom. The van der Waals surface area contributed by atoms with Gasteiger partial charge in [0.2, 0.25) is 11.8 Å². The quantitative estimate of drug-likeness (QED) is 0.776. The first-order valence-electron chi connectivity index (χ1n) is 9.20. The van der Waals surface area contributed by atoms with E-state index in [0.29, 0.717) is 19.4 Å². The second-order valence-corrected chi connectivity index (χ2v) is 7.17. The minimum atomic E-state index is -0.919. The monoisotopic (exact) mass is 350 g/mol. The number of nitrogens with one attached hydrogen (secondary N) is 2. The smallest absolute Gasteiger partial charge is 0.240 e. The zero-order chi connectivity index (χ0) is 18.7. The van der Waals surface area contributed by atoms with Crippen LogP contribution < -0.4 is 10.6 Å². The summed E-state index contributed by atoms with van der Waals surface area (Å²) in [4.78, 5) is 25.5. The molecule has 0 spiro atoms. The van der Waals surface area contributed by atoms with Crippen LogP contribution in [0.4, 0.5) is 5.69 Å². The third-order valence-corrected chi connectivity index (χ3v) is 5.17. The molecule has 0 radical (unpaired) electrons. The summed E-state index contributed by atoms with van der Waals surface area (Å²) in [7, 11) is 0. The first kappa shape index (κ1) is 18.2. The molecule has 4 heteroatoms. The summed E-state index contributed by atoms with van der Waals surface area (Å²) in [6.45, 7) is 6.51. The molecule has 4 nitrogen and oxygen atoms in total. The summed E-state index contributed by atoms with van der Waals surface area (Å²) in [6, 6.07) is 14.0. The Balaban J connectivity index is 1.67. The van der Waals surface area contributed by atoms with Gasteiger partial charge in [-0.2, -0.15) is 0 Å². The van der Waals surface area contributed by atoms with E-state index in [9.17, 15) is 9.59 Å². The van der Waals surface area contributed by atoms with Crippen LogP contribution in [0.25, 0.3) is 0 Å². The molecule has 26 heavy (non-hydrogen) atoms. The average molecular weight is 350 g/mol. The molecular weight excluding hydrogens is 324 g/mol. The highest BCUT2D eigenvalue weighted by molar-refractivity contribution is 6.13. The van der Waals surface area contributed by atoms with Gasteiger partial charge in [0.25, 0.3) is 0 Å². The van der Waals surface area contributed by atoms with Crippen molar-refractivity contribution in [2.45, 2.75) is 46.6 Å². The van der Waals surface area contributed by atoms with E-state index >= 15 is 0 Å². The minimum Gasteiger partial charge on any atom is -0.351 e. The lowest BCUT2D eigenvalue weighted by atomic mass is 10.0. The van der Waals surface area contributed by atoms with E-state index in [4.69, 9.17) is 0 Å². The van der Waals surface area contributed by atoms with Crippen LogP contribution in [0.2, 0.25) is 0 Å². The van der Waals surface area contributed by atoms with E-state index in [1.165, 1.54) is 5.56 Å². The molecule has 0 unspecified atom stereocenters. The lowest BCUT2D eigenvalue weighted by molar-refractivity contribution is -0.134. The molecule has 3 rings (SSSR count).